The summed E-state index contributed by atoms with van der Waals surface area (Å²) >= 11 is 5.90. The number of benzene rings is 2. The molecule has 2 aromatic carbocycles. The summed E-state index contributed by atoms with van der Waals surface area (Å²) in [5, 5.41) is 0.625. The van der Waals surface area contributed by atoms with Gasteiger partial charge in [0.2, 0.25) is 11.8 Å². The number of hydrogen-bond donors (Lipinski definition) is 0. The molecule has 4 rings (SSSR count). The van der Waals surface area contributed by atoms with E-state index in [2.05, 4.69) is 9.80 Å². The topological polar surface area (TPSA) is 43.9 Å². The van der Waals surface area contributed by atoms with E-state index in [-0.39, 0.29) is 30.6 Å². The Morgan fingerprint density at radius 3 is 2.21 bits per heavy atom. The second kappa shape index (κ2) is 7.89. The predicted molar refractivity (Wildman–Crippen MR) is 106 cm³/mol. The smallest absolute Gasteiger partial charge is 0.247 e. The van der Waals surface area contributed by atoms with Gasteiger partial charge in [0.05, 0.1) is 19.0 Å². The van der Waals surface area contributed by atoms with Gasteiger partial charge in [-0.05, 0) is 42.0 Å². The maximum Gasteiger partial charge on any atom is 0.247 e. The number of amides is 2. The van der Waals surface area contributed by atoms with Crippen LogP contribution in [0.4, 0.5) is 10.1 Å². The van der Waals surface area contributed by atoms with Crippen molar-refractivity contribution in [3.05, 3.63) is 64.9 Å². The highest BCUT2D eigenvalue weighted by atomic mass is 35.5. The van der Waals surface area contributed by atoms with Gasteiger partial charge in [-0.2, -0.15) is 0 Å². The van der Waals surface area contributed by atoms with Gasteiger partial charge in [0.15, 0.2) is 0 Å². The first-order valence-corrected chi connectivity index (χ1v) is 9.72. The van der Waals surface area contributed by atoms with E-state index in [1.54, 1.807) is 24.3 Å². The molecule has 2 aliphatic heterocycles. The van der Waals surface area contributed by atoms with Gasteiger partial charge in [0.25, 0.3) is 0 Å². The summed E-state index contributed by atoms with van der Waals surface area (Å²) in [6.07, 6.45) is 0.225. The molecule has 146 valence electrons. The molecular weight excluding hydrogens is 381 g/mol. The molecule has 2 aromatic rings. The quantitative estimate of drug-likeness (QED) is 0.739. The molecule has 5 nitrogen and oxygen atoms in total. The number of rotatable bonds is 4. The molecule has 2 saturated heterocycles. The number of halogens is 2. The van der Waals surface area contributed by atoms with Crippen LogP contribution >= 0.6 is 11.6 Å². The Morgan fingerprint density at radius 2 is 1.57 bits per heavy atom. The molecule has 2 aliphatic rings. The summed E-state index contributed by atoms with van der Waals surface area (Å²) in [5.41, 5.74) is 1.85. The van der Waals surface area contributed by atoms with Gasteiger partial charge in [-0.3, -0.25) is 19.4 Å². The third-order valence-corrected chi connectivity index (χ3v) is 5.67. The van der Waals surface area contributed by atoms with Crippen LogP contribution < -0.4 is 4.90 Å². The first-order valence-electron chi connectivity index (χ1n) is 9.34. The highest BCUT2D eigenvalue weighted by Crippen LogP contribution is 2.24. The average molecular weight is 402 g/mol. The minimum absolute atomic E-state index is 0.129. The average Bonchev–Trinajstić information content (AvgIpc) is 2.99. The maximum absolute atomic E-state index is 13.1. The number of imide groups is 1. The third-order valence-electron chi connectivity index (χ3n) is 5.42. The molecule has 0 aliphatic carbocycles. The van der Waals surface area contributed by atoms with E-state index in [0.717, 1.165) is 24.3 Å². The summed E-state index contributed by atoms with van der Waals surface area (Å²) in [5.74, 6) is -0.515. The van der Waals surface area contributed by atoms with Crippen molar-refractivity contribution in [2.45, 2.75) is 19.0 Å². The SMILES string of the molecule is O=C1C[C@@H](N2CCN(c3ccc(F)cc3)CC2)C(=O)N1Cc1ccc(Cl)cc1. The fraction of sp³-hybridized carbons (Fsp3) is 0.333. The number of piperazine rings is 1. The van der Waals surface area contributed by atoms with Crippen molar-refractivity contribution in [1.82, 2.24) is 9.80 Å². The number of nitrogens with zero attached hydrogens (tertiary/aromatic N) is 3. The van der Waals surface area contributed by atoms with Crippen LogP contribution in [0.3, 0.4) is 0 Å². The van der Waals surface area contributed by atoms with E-state index in [0.29, 0.717) is 18.1 Å². The van der Waals surface area contributed by atoms with Crippen LogP contribution in [0, 0.1) is 5.82 Å². The zero-order chi connectivity index (χ0) is 19.7. The zero-order valence-electron chi connectivity index (χ0n) is 15.4. The van der Waals surface area contributed by atoms with Crippen molar-refractivity contribution < 1.29 is 14.0 Å². The molecule has 0 bridgehead atoms. The fourth-order valence-corrected chi connectivity index (χ4v) is 3.96. The Kier molecular flexibility index (Phi) is 5.33. The van der Waals surface area contributed by atoms with Crippen LogP contribution in [0.25, 0.3) is 0 Å². The number of carbonyl (C=O) groups is 2. The van der Waals surface area contributed by atoms with Crippen molar-refractivity contribution in [3.63, 3.8) is 0 Å². The number of likely N-dealkylation sites (tertiary alicyclic amines) is 1. The molecule has 2 amide bonds. The second-order valence-electron chi connectivity index (χ2n) is 7.16. The summed E-state index contributed by atoms with van der Waals surface area (Å²) in [7, 11) is 0. The lowest BCUT2D eigenvalue weighted by molar-refractivity contribution is -0.140. The molecule has 0 spiro atoms. The standard InChI is InChI=1S/C21H21ClFN3O2/c22-16-3-1-15(2-4-16)14-26-20(27)13-19(21(26)28)25-11-9-24(10-12-25)18-7-5-17(23)6-8-18/h1-8,19H,9-14H2/t19-/m1/s1. The van der Waals surface area contributed by atoms with E-state index < -0.39 is 6.04 Å². The summed E-state index contributed by atoms with van der Waals surface area (Å²) < 4.78 is 13.1. The molecule has 0 saturated carbocycles. The lowest BCUT2D eigenvalue weighted by Gasteiger charge is -2.38. The van der Waals surface area contributed by atoms with Gasteiger partial charge in [0, 0.05) is 36.9 Å². The molecule has 0 aromatic heterocycles. The Labute approximate surface area is 168 Å². The van der Waals surface area contributed by atoms with Crippen molar-refractivity contribution in [2.75, 3.05) is 31.1 Å². The second-order valence-corrected chi connectivity index (χ2v) is 7.60. The Balaban J connectivity index is 1.37. The van der Waals surface area contributed by atoms with E-state index in [1.165, 1.54) is 17.0 Å². The minimum Gasteiger partial charge on any atom is -0.369 e. The number of carbonyl (C=O) groups excluding carboxylic acids is 2. The van der Waals surface area contributed by atoms with E-state index >= 15 is 0 Å². The van der Waals surface area contributed by atoms with Gasteiger partial charge in [-0.1, -0.05) is 23.7 Å². The van der Waals surface area contributed by atoms with Crippen molar-refractivity contribution >= 4 is 29.1 Å². The molecule has 1 atom stereocenters. The summed E-state index contributed by atoms with van der Waals surface area (Å²) in [6, 6.07) is 13.2. The van der Waals surface area contributed by atoms with Crippen LogP contribution in [-0.4, -0.2) is 53.8 Å². The molecule has 28 heavy (non-hydrogen) atoms. The third kappa shape index (κ3) is 3.88. The minimum atomic E-state index is -0.393. The lowest BCUT2D eigenvalue weighted by atomic mass is 10.1. The Hall–Kier alpha value is -2.44. The molecule has 0 unspecified atom stereocenters. The predicted octanol–water partition coefficient (Wildman–Crippen LogP) is 2.93. The first-order chi connectivity index (χ1) is 13.5. The van der Waals surface area contributed by atoms with Gasteiger partial charge in [-0.15, -0.1) is 0 Å². The van der Waals surface area contributed by atoms with E-state index in [9.17, 15) is 14.0 Å². The molecule has 0 N–H and O–H groups in total. The Bertz CT molecular complexity index is 864. The van der Waals surface area contributed by atoms with Gasteiger partial charge >= 0.3 is 0 Å². The number of anilines is 1. The zero-order valence-corrected chi connectivity index (χ0v) is 16.1. The molecule has 7 heteroatoms. The van der Waals surface area contributed by atoms with Crippen LogP contribution in [-0.2, 0) is 16.1 Å². The molecular formula is C21H21ClFN3O2. The van der Waals surface area contributed by atoms with Crippen molar-refractivity contribution in [1.29, 1.82) is 0 Å². The van der Waals surface area contributed by atoms with Crippen LogP contribution in [0.1, 0.15) is 12.0 Å². The van der Waals surface area contributed by atoms with Crippen LogP contribution in [0.15, 0.2) is 48.5 Å². The summed E-state index contributed by atoms with van der Waals surface area (Å²) in [6.45, 7) is 3.13. The number of hydrogen-bond acceptors (Lipinski definition) is 4. The highest BCUT2D eigenvalue weighted by molar-refractivity contribution is 6.30. The van der Waals surface area contributed by atoms with Crippen LogP contribution in [0.5, 0.6) is 0 Å². The normalized spacial score (nSPS) is 20.9. The molecule has 2 heterocycles. The molecule has 2 fully saturated rings. The maximum atomic E-state index is 13.1. The van der Waals surface area contributed by atoms with E-state index in [4.69, 9.17) is 11.6 Å². The largest absolute Gasteiger partial charge is 0.369 e. The van der Waals surface area contributed by atoms with Crippen molar-refractivity contribution in [3.8, 4) is 0 Å². The fourth-order valence-electron chi connectivity index (χ4n) is 3.83. The lowest BCUT2D eigenvalue weighted by Crippen LogP contribution is -2.52. The highest BCUT2D eigenvalue weighted by Gasteiger charge is 2.42. The first kappa shape index (κ1) is 18.9. The van der Waals surface area contributed by atoms with Gasteiger partial charge < -0.3 is 4.90 Å². The summed E-state index contributed by atoms with van der Waals surface area (Å²) in [4.78, 5) is 30.9. The molecule has 0 radical (unpaired) electrons. The van der Waals surface area contributed by atoms with Crippen LogP contribution in [0.2, 0.25) is 5.02 Å². The van der Waals surface area contributed by atoms with Gasteiger partial charge in [-0.25, -0.2) is 4.39 Å². The monoisotopic (exact) mass is 401 g/mol. The van der Waals surface area contributed by atoms with Crippen molar-refractivity contribution in [2.24, 2.45) is 0 Å². The van der Waals surface area contributed by atoms with E-state index in [1.807, 2.05) is 12.1 Å². The Morgan fingerprint density at radius 1 is 0.929 bits per heavy atom. The van der Waals surface area contributed by atoms with Gasteiger partial charge in [0.1, 0.15) is 5.82 Å².